The summed E-state index contributed by atoms with van der Waals surface area (Å²) < 4.78 is 22.5. The fourth-order valence-corrected chi connectivity index (χ4v) is 2.15. The molecule has 0 bridgehead atoms. The van der Waals surface area contributed by atoms with Gasteiger partial charge in [0.05, 0.1) is 6.10 Å². The van der Waals surface area contributed by atoms with Gasteiger partial charge < -0.3 is 10.2 Å². The molecule has 2 N–H and O–H groups in total. The van der Waals surface area contributed by atoms with Gasteiger partial charge in [-0.25, -0.2) is 0 Å². The van der Waals surface area contributed by atoms with Crippen molar-refractivity contribution in [2.24, 2.45) is 0 Å². The Hall–Kier alpha value is -0.861. The molecule has 5 nitrogen and oxygen atoms in total. The smallest absolute Gasteiger partial charge is 0 e. The standard InChI is InChI=1S/C18H34O2.3CO.Fe/c1-2-3-4-5-6-9-12-15-18(20)16-13-10-7-8-11-14-17-19;3*1-2;/h6,9,12,15,18-20H,2-5,7-8,10-11,13-14,16-17H2,1H3;;;;/b9-6+,15-12+;;;;/t18-;;;;/m1..../s1. The summed E-state index contributed by atoms with van der Waals surface area (Å²) in [6.07, 6.45) is 20.4. The summed E-state index contributed by atoms with van der Waals surface area (Å²) in [7, 11) is 0. The Balaban J connectivity index is -0.000000208. The first-order chi connectivity index (χ1) is 12.8. The molecule has 6 heteroatoms. The van der Waals surface area contributed by atoms with Crippen molar-refractivity contribution < 1.29 is 41.2 Å². The second-order valence-electron chi connectivity index (χ2n) is 5.51. The van der Waals surface area contributed by atoms with Crippen molar-refractivity contribution in [3.8, 4) is 0 Å². The summed E-state index contributed by atoms with van der Waals surface area (Å²) in [5, 5.41) is 18.4. The molecule has 0 aliphatic heterocycles. The minimum atomic E-state index is -0.298. The third-order valence-electron chi connectivity index (χ3n) is 3.46. The minimum Gasteiger partial charge on any atom is 0 e. The predicted molar refractivity (Wildman–Crippen MR) is 99.6 cm³/mol. The van der Waals surface area contributed by atoms with Crippen LogP contribution < -0.4 is 0 Å². The van der Waals surface area contributed by atoms with E-state index >= 15 is 0 Å². The second-order valence-corrected chi connectivity index (χ2v) is 5.51. The number of rotatable bonds is 14. The largest absolute Gasteiger partial charge is 0 e. The van der Waals surface area contributed by atoms with Crippen LogP contribution in [0.25, 0.3) is 0 Å². The SMILES string of the molecule is CCCCC/C=C/C=C/[C@@H](O)CCCCCCCCO.[C-]#[O+].[C-]#[O+].[C-]#[O+].[Fe]. The van der Waals surface area contributed by atoms with Crippen molar-refractivity contribution in [3.05, 3.63) is 44.3 Å². The molecule has 156 valence electrons. The molecule has 0 radical (unpaired) electrons. The molecule has 0 fully saturated rings. The Morgan fingerprint density at radius 2 is 1.30 bits per heavy atom. The summed E-state index contributed by atoms with van der Waals surface area (Å²) >= 11 is 0. The summed E-state index contributed by atoms with van der Waals surface area (Å²) in [5.74, 6) is 0. The first-order valence-electron chi connectivity index (χ1n) is 9.04. The molecule has 0 aromatic rings. The Morgan fingerprint density at radius 3 is 1.81 bits per heavy atom. The molecule has 0 heterocycles. The van der Waals surface area contributed by atoms with Gasteiger partial charge in [-0.2, -0.15) is 0 Å². The normalized spacial score (nSPS) is 10.3. The van der Waals surface area contributed by atoms with Crippen LogP contribution in [-0.4, -0.2) is 22.9 Å². The van der Waals surface area contributed by atoms with E-state index in [1.165, 1.54) is 38.5 Å². The molecule has 0 spiro atoms. The Morgan fingerprint density at radius 1 is 0.778 bits per heavy atom. The van der Waals surface area contributed by atoms with Crippen LogP contribution in [0.15, 0.2) is 24.3 Å². The van der Waals surface area contributed by atoms with E-state index in [-0.39, 0.29) is 23.2 Å². The van der Waals surface area contributed by atoms with E-state index in [0.29, 0.717) is 6.61 Å². The molecule has 0 aliphatic carbocycles. The van der Waals surface area contributed by atoms with E-state index in [9.17, 15) is 5.11 Å². The van der Waals surface area contributed by atoms with Crippen LogP contribution in [0, 0.1) is 20.0 Å². The van der Waals surface area contributed by atoms with Crippen molar-refractivity contribution >= 4 is 0 Å². The number of hydrogen-bond donors (Lipinski definition) is 2. The van der Waals surface area contributed by atoms with Gasteiger partial charge in [-0.05, 0) is 25.7 Å². The first-order valence-corrected chi connectivity index (χ1v) is 9.04. The van der Waals surface area contributed by atoms with Gasteiger partial charge in [-0.15, -0.1) is 0 Å². The third-order valence-corrected chi connectivity index (χ3v) is 3.46. The number of hydrogen-bond acceptors (Lipinski definition) is 2. The van der Waals surface area contributed by atoms with Crippen molar-refractivity contribution in [2.75, 3.05) is 6.61 Å². The Bertz CT molecular complexity index is 334. The maximum absolute atomic E-state index is 9.78. The summed E-state index contributed by atoms with van der Waals surface area (Å²) in [4.78, 5) is 0. The van der Waals surface area contributed by atoms with Gasteiger partial charge in [0.1, 0.15) is 0 Å². The monoisotopic (exact) mass is 422 g/mol. The number of allylic oxidation sites excluding steroid dienone is 3. The zero-order valence-electron chi connectivity index (χ0n) is 16.3. The zero-order chi connectivity index (χ0) is 20.9. The fraction of sp³-hybridized carbons (Fsp3) is 0.667. The molecule has 0 saturated heterocycles. The van der Waals surface area contributed by atoms with Crippen molar-refractivity contribution in [1.82, 2.24) is 0 Å². The number of aliphatic hydroxyl groups is 2. The fourth-order valence-electron chi connectivity index (χ4n) is 2.15. The molecule has 0 saturated carbocycles. The molecule has 1 atom stereocenters. The van der Waals surface area contributed by atoms with Crippen LogP contribution in [0.5, 0.6) is 0 Å². The summed E-state index contributed by atoms with van der Waals surface area (Å²) in [5.41, 5.74) is 0. The van der Waals surface area contributed by atoms with Crippen LogP contribution in [-0.2, 0) is 31.0 Å². The maximum Gasteiger partial charge on any atom is 0 e. The van der Waals surface area contributed by atoms with Gasteiger partial charge in [0.15, 0.2) is 0 Å². The molecule has 0 rings (SSSR count). The molecule has 0 unspecified atom stereocenters. The van der Waals surface area contributed by atoms with E-state index in [1.54, 1.807) is 0 Å². The van der Waals surface area contributed by atoms with Crippen LogP contribution in [0.3, 0.4) is 0 Å². The maximum atomic E-state index is 9.78. The van der Waals surface area contributed by atoms with Gasteiger partial charge >= 0.3 is 33.9 Å². The molecule has 27 heavy (non-hydrogen) atoms. The van der Waals surface area contributed by atoms with Crippen molar-refractivity contribution in [3.63, 3.8) is 0 Å². The van der Waals surface area contributed by atoms with E-state index in [4.69, 9.17) is 19.1 Å². The Labute approximate surface area is 176 Å². The van der Waals surface area contributed by atoms with Gasteiger partial charge in [0, 0.05) is 23.7 Å². The topological polar surface area (TPSA) is 100 Å². The Kier molecular flexibility index (Phi) is 61.0. The van der Waals surface area contributed by atoms with Gasteiger partial charge in [0.25, 0.3) is 0 Å². The van der Waals surface area contributed by atoms with Crippen molar-refractivity contribution in [2.45, 2.75) is 83.7 Å². The second kappa shape index (κ2) is 44.5. The molecular formula is C21H34FeO5. The van der Waals surface area contributed by atoms with Gasteiger partial charge in [-0.3, -0.25) is 0 Å². The minimum absolute atomic E-state index is 0. The van der Waals surface area contributed by atoms with E-state index in [2.05, 4.69) is 33.0 Å². The van der Waals surface area contributed by atoms with Crippen molar-refractivity contribution in [1.29, 1.82) is 0 Å². The van der Waals surface area contributed by atoms with E-state index in [1.807, 2.05) is 18.2 Å². The molecule has 0 aromatic carbocycles. The quantitative estimate of drug-likeness (QED) is 0.140. The van der Waals surface area contributed by atoms with E-state index < -0.39 is 0 Å². The van der Waals surface area contributed by atoms with Crippen LogP contribution in [0.2, 0.25) is 0 Å². The summed E-state index contributed by atoms with van der Waals surface area (Å²) in [6.45, 7) is 16.0. The average Bonchev–Trinajstić information content (AvgIpc) is 2.71. The first kappa shape index (κ1) is 37.0. The molecule has 0 aromatic heterocycles. The molecular weight excluding hydrogens is 388 g/mol. The van der Waals surface area contributed by atoms with Crippen LogP contribution in [0.1, 0.15) is 77.6 Å². The van der Waals surface area contributed by atoms with Crippen LogP contribution >= 0.6 is 0 Å². The number of unbranched alkanes of at least 4 members (excludes halogenated alkanes) is 8. The van der Waals surface area contributed by atoms with Crippen LogP contribution in [0.4, 0.5) is 0 Å². The van der Waals surface area contributed by atoms with E-state index in [0.717, 1.165) is 32.1 Å². The van der Waals surface area contributed by atoms with Gasteiger partial charge in [0.2, 0.25) is 0 Å². The molecule has 0 aliphatic rings. The molecule has 0 amide bonds. The average molecular weight is 422 g/mol. The predicted octanol–water partition coefficient (Wildman–Crippen LogP) is 4.65. The zero-order valence-corrected chi connectivity index (χ0v) is 17.4. The third kappa shape index (κ3) is 45.8. The number of aliphatic hydroxyl groups excluding tert-OH is 2. The summed E-state index contributed by atoms with van der Waals surface area (Å²) in [6, 6.07) is 0. The van der Waals surface area contributed by atoms with Gasteiger partial charge in [-0.1, -0.05) is 76.2 Å².